The zero-order valence-corrected chi connectivity index (χ0v) is 24.4. The Kier molecular flexibility index (Phi) is 8.94. The third kappa shape index (κ3) is 6.19. The normalized spacial score (nSPS) is 14.5. The molecular formula is C28H26ClIN2O4S. The first-order valence-corrected chi connectivity index (χ1v) is 13.6. The number of nitrogens with zero attached hydrogens (tertiary/aromatic N) is 2. The van der Waals surface area contributed by atoms with Gasteiger partial charge in [0.15, 0.2) is 16.6 Å². The number of hydrogen-bond donors (Lipinski definition) is 0. The number of ether oxygens (including phenoxy) is 3. The van der Waals surface area contributed by atoms with Crippen LogP contribution in [0.15, 0.2) is 66.4 Å². The molecule has 0 N–H and O–H groups in total. The summed E-state index contributed by atoms with van der Waals surface area (Å²) in [4.78, 5) is 16.7. The molecule has 0 saturated carbocycles. The lowest BCUT2D eigenvalue weighted by atomic mass is 10.1. The molecule has 192 valence electrons. The maximum Gasteiger partial charge on any atom is 0.281 e. The van der Waals surface area contributed by atoms with Crippen LogP contribution >= 0.6 is 46.4 Å². The number of likely N-dealkylation sites (N-methyl/N-ethyl adjacent to an activating group) is 1. The number of halogens is 2. The van der Waals surface area contributed by atoms with Crippen molar-refractivity contribution in [2.45, 2.75) is 20.5 Å². The van der Waals surface area contributed by atoms with Gasteiger partial charge in [0.25, 0.3) is 5.91 Å². The van der Waals surface area contributed by atoms with Crippen LogP contribution in [0.25, 0.3) is 6.08 Å². The van der Waals surface area contributed by atoms with E-state index >= 15 is 0 Å². The second-order valence-electron chi connectivity index (χ2n) is 8.12. The number of amides is 1. The van der Waals surface area contributed by atoms with Crippen molar-refractivity contribution in [2.75, 3.05) is 25.2 Å². The lowest BCUT2D eigenvalue weighted by Gasteiger charge is -2.17. The largest absolute Gasteiger partial charge is 0.494 e. The molecule has 0 radical (unpaired) electrons. The Morgan fingerprint density at radius 3 is 2.30 bits per heavy atom. The van der Waals surface area contributed by atoms with Gasteiger partial charge in [0, 0.05) is 12.1 Å². The highest BCUT2D eigenvalue weighted by molar-refractivity contribution is 14.1. The summed E-state index contributed by atoms with van der Waals surface area (Å²) < 4.78 is 18.4. The van der Waals surface area contributed by atoms with E-state index in [4.69, 9.17) is 38.0 Å². The highest BCUT2D eigenvalue weighted by Gasteiger charge is 2.36. The van der Waals surface area contributed by atoms with Gasteiger partial charge < -0.3 is 19.1 Å². The highest BCUT2D eigenvalue weighted by Crippen LogP contribution is 2.37. The maximum atomic E-state index is 13.4. The van der Waals surface area contributed by atoms with E-state index in [-0.39, 0.29) is 5.91 Å². The van der Waals surface area contributed by atoms with Crippen LogP contribution in [0.2, 0.25) is 5.02 Å². The van der Waals surface area contributed by atoms with Crippen molar-refractivity contribution in [1.29, 1.82) is 0 Å². The van der Waals surface area contributed by atoms with Gasteiger partial charge in [-0.15, -0.1) is 0 Å². The summed E-state index contributed by atoms with van der Waals surface area (Å²) in [6.45, 7) is 5.27. The fourth-order valence-electron chi connectivity index (χ4n) is 3.81. The standard InChI is InChI=1S/C28H26ClIN2O4S/c1-4-34-22-12-10-21(11-13-22)32-27(33)24(31(3)28(32)37)15-19-14-23(30)26(25(16-19)35-5-2)36-17-18-6-8-20(29)9-7-18/h6-16H,4-5,17H2,1-3H3/b24-15-. The molecule has 1 saturated heterocycles. The van der Waals surface area contributed by atoms with Crippen molar-refractivity contribution in [1.82, 2.24) is 4.90 Å². The van der Waals surface area contributed by atoms with Gasteiger partial charge in [0.1, 0.15) is 18.1 Å². The maximum absolute atomic E-state index is 13.4. The molecule has 1 heterocycles. The minimum atomic E-state index is -0.201. The van der Waals surface area contributed by atoms with Crippen molar-refractivity contribution in [3.8, 4) is 17.2 Å². The summed E-state index contributed by atoms with van der Waals surface area (Å²) in [6, 6.07) is 18.7. The van der Waals surface area contributed by atoms with Crippen molar-refractivity contribution in [3.05, 3.63) is 86.1 Å². The zero-order valence-electron chi connectivity index (χ0n) is 20.7. The molecule has 1 fully saturated rings. The number of thiocarbonyl (C=S) groups is 1. The van der Waals surface area contributed by atoms with Gasteiger partial charge in [0.05, 0.1) is 22.5 Å². The van der Waals surface area contributed by atoms with Crippen LogP contribution < -0.4 is 19.1 Å². The molecule has 0 spiro atoms. The molecule has 3 aromatic carbocycles. The molecule has 4 rings (SSSR count). The number of benzene rings is 3. The van der Waals surface area contributed by atoms with Crippen molar-refractivity contribution in [2.24, 2.45) is 0 Å². The van der Waals surface area contributed by atoms with E-state index < -0.39 is 0 Å². The van der Waals surface area contributed by atoms with E-state index in [0.29, 0.717) is 52.8 Å². The quantitative estimate of drug-likeness (QED) is 0.143. The lowest BCUT2D eigenvalue weighted by Crippen LogP contribution is -2.31. The average Bonchev–Trinajstić information content (AvgIpc) is 3.08. The highest BCUT2D eigenvalue weighted by atomic mass is 127. The summed E-state index contributed by atoms with van der Waals surface area (Å²) in [7, 11) is 1.79. The molecule has 37 heavy (non-hydrogen) atoms. The topological polar surface area (TPSA) is 51.2 Å². The molecule has 1 amide bonds. The Hall–Kier alpha value is -2.82. The van der Waals surface area contributed by atoms with Crippen molar-refractivity contribution in [3.63, 3.8) is 0 Å². The van der Waals surface area contributed by atoms with E-state index in [9.17, 15) is 4.79 Å². The first-order valence-electron chi connectivity index (χ1n) is 11.7. The number of anilines is 1. The summed E-state index contributed by atoms with van der Waals surface area (Å²) in [5.74, 6) is 1.79. The molecule has 0 aliphatic carbocycles. The van der Waals surface area contributed by atoms with Crippen LogP contribution in [0.3, 0.4) is 0 Å². The van der Waals surface area contributed by atoms with E-state index in [1.54, 1.807) is 11.9 Å². The smallest absolute Gasteiger partial charge is 0.281 e. The van der Waals surface area contributed by atoms with Gasteiger partial charge >= 0.3 is 0 Å². The molecule has 0 aromatic heterocycles. The number of hydrogen-bond acceptors (Lipinski definition) is 5. The lowest BCUT2D eigenvalue weighted by molar-refractivity contribution is -0.114. The summed E-state index contributed by atoms with van der Waals surface area (Å²) in [5.41, 5.74) is 2.95. The summed E-state index contributed by atoms with van der Waals surface area (Å²) in [5, 5.41) is 1.08. The molecular weight excluding hydrogens is 623 g/mol. The molecule has 6 nitrogen and oxygen atoms in total. The molecule has 1 aliphatic heterocycles. The van der Waals surface area contributed by atoms with Gasteiger partial charge in [-0.2, -0.15) is 0 Å². The van der Waals surface area contributed by atoms with Crippen LogP contribution in [-0.4, -0.2) is 36.2 Å². The zero-order chi connectivity index (χ0) is 26.5. The van der Waals surface area contributed by atoms with Crippen LogP contribution in [0.1, 0.15) is 25.0 Å². The van der Waals surface area contributed by atoms with Gasteiger partial charge in [-0.1, -0.05) is 23.7 Å². The van der Waals surface area contributed by atoms with Crippen LogP contribution in [0, 0.1) is 3.57 Å². The Balaban J connectivity index is 1.60. The molecule has 0 bridgehead atoms. The Labute approximate surface area is 240 Å². The minimum absolute atomic E-state index is 0.201. The van der Waals surface area contributed by atoms with Gasteiger partial charge in [-0.25, -0.2) is 0 Å². The Bertz CT molecular complexity index is 1330. The Morgan fingerprint density at radius 2 is 1.65 bits per heavy atom. The van der Waals surface area contributed by atoms with Crippen LogP contribution in [-0.2, 0) is 11.4 Å². The molecule has 1 aliphatic rings. The van der Waals surface area contributed by atoms with Crippen LogP contribution in [0.5, 0.6) is 17.2 Å². The van der Waals surface area contributed by atoms with E-state index in [1.807, 2.05) is 80.6 Å². The first-order chi connectivity index (χ1) is 17.8. The number of rotatable bonds is 9. The Morgan fingerprint density at radius 1 is 0.973 bits per heavy atom. The molecule has 0 atom stereocenters. The molecule has 0 unspecified atom stereocenters. The second-order valence-corrected chi connectivity index (χ2v) is 10.1. The first kappa shape index (κ1) is 27.2. The molecule has 9 heteroatoms. The summed E-state index contributed by atoms with van der Waals surface area (Å²) >= 11 is 13.8. The van der Waals surface area contributed by atoms with Gasteiger partial charge in [-0.05, 0) is 114 Å². The predicted molar refractivity (Wildman–Crippen MR) is 160 cm³/mol. The van der Waals surface area contributed by atoms with Crippen molar-refractivity contribution >= 4 is 69.2 Å². The SMILES string of the molecule is CCOc1ccc(N2C(=O)/C(=C/c3cc(I)c(OCc4ccc(Cl)cc4)c(OCC)c3)N(C)C2=S)cc1. The average molecular weight is 649 g/mol. The third-order valence-electron chi connectivity index (χ3n) is 5.60. The third-order valence-corrected chi connectivity index (χ3v) is 7.11. The second kappa shape index (κ2) is 12.1. The summed E-state index contributed by atoms with van der Waals surface area (Å²) in [6.07, 6.45) is 1.82. The van der Waals surface area contributed by atoms with E-state index in [2.05, 4.69) is 22.6 Å². The van der Waals surface area contributed by atoms with Gasteiger partial charge in [-0.3, -0.25) is 9.69 Å². The van der Waals surface area contributed by atoms with E-state index in [0.717, 1.165) is 20.4 Å². The number of carbonyl (C=O) groups excluding carboxylic acids is 1. The van der Waals surface area contributed by atoms with Crippen LogP contribution in [0.4, 0.5) is 5.69 Å². The number of carbonyl (C=O) groups is 1. The molecule has 3 aromatic rings. The van der Waals surface area contributed by atoms with Crippen molar-refractivity contribution < 1.29 is 19.0 Å². The van der Waals surface area contributed by atoms with Gasteiger partial charge in [0.2, 0.25) is 0 Å². The minimum Gasteiger partial charge on any atom is -0.494 e. The van der Waals surface area contributed by atoms with E-state index in [1.165, 1.54) is 4.90 Å². The fourth-order valence-corrected chi connectivity index (χ4v) is 5.00. The monoisotopic (exact) mass is 648 g/mol. The predicted octanol–water partition coefficient (Wildman–Crippen LogP) is 6.93. The fraction of sp³-hybridized carbons (Fsp3) is 0.214.